The molecule has 1 rings (SSSR count). The first-order chi connectivity index (χ1) is 14.1. The molecular formula is C26H42O3. The van der Waals surface area contributed by atoms with Crippen LogP contribution >= 0.6 is 0 Å². The second kappa shape index (κ2) is 16.1. The Hall–Kier alpha value is -1.77. The molecule has 0 aromatic carbocycles. The second-order valence-corrected chi connectivity index (χ2v) is 8.15. The van der Waals surface area contributed by atoms with E-state index in [4.69, 9.17) is 9.47 Å². The van der Waals surface area contributed by atoms with Gasteiger partial charge in [-0.25, -0.2) is 0 Å². The molecule has 0 heterocycles. The van der Waals surface area contributed by atoms with Crippen molar-refractivity contribution >= 4 is 5.97 Å². The quantitative estimate of drug-likeness (QED) is 0.0938. The van der Waals surface area contributed by atoms with E-state index in [2.05, 4.69) is 26.2 Å². The summed E-state index contributed by atoms with van der Waals surface area (Å²) in [5.41, 5.74) is 1.27. The lowest BCUT2D eigenvalue weighted by molar-refractivity contribution is -0.143. The predicted octanol–water partition coefficient (Wildman–Crippen LogP) is 7.45. The zero-order valence-electron chi connectivity index (χ0n) is 18.8. The van der Waals surface area contributed by atoms with Crippen molar-refractivity contribution in [2.24, 2.45) is 5.92 Å². The van der Waals surface area contributed by atoms with E-state index < -0.39 is 0 Å². The average molecular weight is 403 g/mol. The molecule has 0 N–H and O–H groups in total. The maximum atomic E-state index is 11.3. The van der Waals surface area contributed by atoms with Gasteiger partial charge in [-0.05, 0) is 70.4 Å². The van der Waals surface area contributed by atoms with Gasteiger partial charge in [-0.1, -0.05) is 56.4 Å². The van der Waals surface area contributed by atoms with Crippen LogP contribution in [0.1, 0.15) is 90.9 Å². The maximum Gasteiger partial charge on any atom is 0.305 e. The molecule has 0 bridgehead atoms. The molecule has 3 heteroatoms. The summed E-state index contributed by atoms with van der Waals surface area (Å²) in [7, 11) is 0. The van der Waals surface area contributed by atoms with Crippen LogP contribution in [-0.4, -0.2) is 18.7 Å². The number of ether oxygens (including phenoxy) is 2. The summed E-state index contributed by atoms with van der Waals surface area (Å²) < 4.78 is 11.1. The molecule has 29 heavy (non-hydrogen) atoms. The summed E-state index contributed by atoms with van der Waals surface area (Å²) >= 11 is 0. The van der Waals surface area contributed by atoms with Gasteiger partial charge in [-0.3, -0.25) is 4.79 Å². The lowest BCUT2D eigenvalue weighted by atomic mass is 9.84. The topological polar surface area (TPSA) is 35.5 Å². The molecule has 0 unspecified atom stereocenters. The molecule has 0 saturated heterocycles. The fourth-order valence-electron chi connectivity index (χ4n) is 3.87. The standard InChI is InChI=1S/C26H42O3/c1-5-13-22(4)16-19-24(6-2)29-25-20-17-23(18-21-25)14-11-9-8-10-12-15-26(27)28-7-3/h5-6,16,19,23,25H,1-2,7-15,17-18,20-21H2,3-4H3/b22-16+,24-19+. The monoisotopic (exact) mass is 402 g/mol. The van der Waals surface area contributed by atoms with Crippen molar-refractivity contribution in [2.45, 2.75) is 97.0 Å². The molecule has 0 radical (unpaired) electrons. The molecule has 0 aliphatic heterocycles. The summed E-state index contributed by atoms with van der Waals surface area (Å²) in [6.07, 6.45) is 21.7. The van der Waals surface area contributed by atoms with Gasteiger partial charge >= 0.3 is 5.97 Å². The lowest BCUT2D eigenvalue weighted by Gasteiger charge is -2.29. The van der Waals surface area contributed by atoms with E-state index >= 15 is 0 Å². The number of carbonyl (C=O) groups is 1. The number of carbonyl (C=O) groups excluding carboxylic acids is 1. The van der Waals surface area contributed by atoms with E-state index in [1.54, 1.807) is 0 Å². The summed E-state index contributed by atoms with van der Waals surface area (Å²) in [5, 5.41) is 0. The van der Waals surface area contributed by atoms with Gasteiger partial charge in [0.05, 0.1) is 12.7 Å². The van der Waals surface area contributed by atoms with Gasteiger partial charge in [0.15, 0.2) is 0 Å². The highest BCUT2D eigenvalue weighted by Gasteiger charge is 2.22. The molecular weight excluding hydrogens is 360 g/mol. The number of unbranched alkanes of at least 4 members (excludes halogenated alkanes) is 4. The highest BCUT2D eigenvalue weighted by Crippen LogP contribution is 2.31. The highest BCUT2D eigenvalue weighted by molar-refractivity contribution is 5.69. The summed E-state index contributed by atoms with van der Waals surface area (Å²) in [4.78, 5) is 11.3. The highest BCUT2D eigenvalue weighted by atomic mass is 16.5. The normalized spacial score (nSPS) is 20.2. The van der Waals surface area contributed by atoms with Crippen LogP contribution in [0.3, 0.4) is 0 Å². The summed E-state index contributed by atoms with van der Waals surface area (Å²) in [5.74, 6) is 1.67. The first kappa shape index (κ1) is 25.3. The van der Waals surface area contributed by atoms with Crippen LogP contribution in [0, 0.1) is 5.92 Å². The third-order valence-electron chi connectivity index (χ3n) is 5.59. The van der Waals surface area contributed by atoms with Crippen LogP contribution in [0.2, 0.25) is 0 Å². The fourth-order valence-corrected chi connectivity index (χ4v) is 3.87. The molecule has 164 valence electrons. The van der Waals surface area contributed by atoms with Crippen LogP contribution in [0.25, 0.3) is 0 Å². The van der Waals surface area contributed by atoms with Crippen molar-refractivity contribution in [3.05, 3.63) is 48.8 Å². The number of allylic oxidation sites excluding steroid dienone is 5. The Kier molecular flexibility index (Phi) is 14.0. The van der Waals surface area contributed by atoms with Gasteiger partial charge in [-0.15, -0.1) is 6.58 Å². The van der Waals surface area contributed by atoms with Crippen LogP contribution in [0.5, 0.6) is 0 Å². The molecule has 1 fully saturated rings. The molecule has 1 aliphatic carbocycles. The minimum Gasteiger partial charge on any atom is -0.490 e. The average Bonchev–Trinajstić information content (AvgIpc) is 2.72. The van der Waals surface area contributed by atoms with Crippen molar-refractivity contribution in [3.8, 4) is 0 Å². The number of hydrogen-bond donors (Lipinski definition) is 0. The van der Waals surface area contributed by atoms with Crippen molar-refractivity contribution in [1.82, 2.24) is 0 Å². The fraction of sp³-hybridized carbons (Fsp3) is 0.654. The van der Waals surface area contributed by atoms with E-state index in [1.165, 1.54) is 44.1 Å². The van der Waals surface area contributed by atoms with E-state index in [1.807, 2.05) is 25.2 Å². The lowest BCUT2D eigenvalue weighted by Crippen LogP contribution is -2.21. The predicted molar refractivity (Wildman–Crippen MR) is 123 cm³/mol. The smallest absolute Gasteiger partial charge is 0.305 e. The van der Waals surface area contributed by atoms with Crippen molar-refractivity contribution < 1.29 is 14.3 Å². The minimum atomic E-state index is -0.0520. The van der Waals surface area contributed by atoms with Gasteiger partial charge in [-0.2, -0.15) is 0 Å². The first-order valence-electron chi connectivity index (χ1n) is 11.5. The van der Waals surface area contributed by atoms with E-state index in [9.17, 15) is 4.79 Å². The Labute approximate surface area is 178 Å². The SMILES string of the molecule is C=CC/C(C)=C/C=C(\C=C)OC1CCC(CCCCCCCC(=O)OCC)CC1. The molecule has 0 spiro atoms. The molecule has 0 atom stereocenters. The van der Waals surface area contributed by atoms with E-state index in [0.29, 0.717) is 19.1 Å². The Morgan fingerprint density at radius 2 is 1.69 bits per heavy atom. The van der Waals surface area contributed by atoms with Gasteiger partial charge in [0.2, 0.25) is 0 Å². The van der Waals surface area contributed by atoms with E-state index in [0.717, 1.165) is 43.8 Å². The van der Waals surface area contributed by atoms with Gasteiger partial charge in [0.25, 0.3) is 0 Å². The third kappa shape index (κ3) is 12.4. The Morgan fingerprint density at radius 3 is 2.34 bits per heavy atom. The van der Waals surface area contributed by atoms with Gasteiger partial charge < -0.3 is 9.47 Å². The maximum absolute atomic E-state index is 11.3. The zero-order chi connectivity index (χ0) is 21.3. The van der Waals surface area contributed by atoms with Crippen molar-refractivity contribution in [3.63, 3.8) is 0 Å². The van der Waals surface area contributed by atoms with E-state index in [-0.39, 0.29) is 5.97 Å². The van der Waals surface area contributed by atoms with Gasteiger partial charge in [0, 0.05) is 6.42 Å². The third-order valence-corrected chi connectivity index (χ3v) is 5.59. The van der Waals surface area contributed by atoms with Crippen LogP contribution < -0.4 is 0 Å². The second-order valence-electron chi connectivity index (χ2n) is 8.15. The molecule has 1 saturated carbocycles. The first-order valence-corrected chi connectivity index (χ1v) is 11.5. The Bertz CT molecular complexity index is 536. The molecule has 0 aromatic rings. The van der Waals surface area contributed by atoms with Crippen molar-refractivity contribution in [1.29, 1.82) is 0 Å². The van der Waals surface area contributed by atoms with Crippen molar-refractivity contribution in [2.75, 3.05) is 6.61 Å². The largest absolute Gasteiger partial charge is 0.490 e. The number of rotatable bonds is 15. The Morgan fingerprint density at radius 1 is 1.00 bits per heavy atom. The number of hydrogen-bond acceptors (Lipinski definition) is 3. The summed E-state index contributed by atoms with van der Waals surface area (Å²) in [6, 6.07) is 0. The van der Waals surface area contributed by atoms with Crippen LogP contribution in [0.15, 0.2) is 48.8 Å². The molecule has 0 amide bonds. The number of esters is 1. The minimum absolute atomic E-state index is 0.0520. The van der Waals surface area contributed by atoms with Gasteiger partial charge in [0.1, 0.15) is 5.76 Å². The molecule has 1 aliphatic rings. The van der Waals surface area contributed by atoms with Crippen LogP contribution in [-0.2, 0) is 14.3 Å². The Balaban J connectivity index is 2.14. The summed E-state index contributed by atoms with van der Waals surface area (Å²) in [6.45, 7) is 12.1. The zero-order valence-corrected chi connectivity index (χ0v) is 18.8. The molecule has 3 nitrogen and oxygen atoms in total. The molecule has 0 aromatic heterocycles. The van der Waals surface area contributed by atoms with Crippen LogP contribution in [0.4, 0.5) is 0 Å².